The Bertz CT molecular complexity index is 337. The van der Waals surface area contributed by atoms with Crippen molar-refractivity contribution in [3.8, 4) is 0 Å². The van der Waals surface area contributed by atoms with Gasteiger partial charge in [-0.25, -0.2) is 0 Å². The van der Waals surface area contributed by atoms with E-state index >= 15 is 0 Å². The second-order valence-electron chi connectivity index (χ2n) is 4.83. The van der Waals surface area contributed by atoms with Crippen LogP contribution in [-0.4, -0.2) is 12.1 Å². The molecule has 1 aliphatic heterocycles. The summed E-state index contributed by atoms with van der Waals surface area (Å²) < 4.78 is 0. The molecular weight excluding hydrogens is 218 g/mol. The van der Waals surface area contributed by atoms with Crippen LogP contribution in [-0.2, 0) is 6.42 Å². The SMILES string of the molecule is CC1CCCC(CCc2ccccc2Cl)N1. The minimum Gasteiger partial charge on any atom is -0.311 e. The van der Waals surface area contributed by atoms with Crippen LogP contribution in [0.3, 0.4) is 0 Å². The zero-order valence-electron chi connectivity index (χ0n) is 9.88. The molecule has 1 nitrogen and oxygen atoms in total. The van der Waals surface area contributed by atoms with Crippen LogP contribution in [0.25, 0.3) is 0 Å². The third-order valence-electron chi connectivity index (χ3n) is 3.43. The van der Waals surface area contributed by atoms with Crippen LogP contribution >= 0.6 is 11.6 Å². The predicted molar refractivity (Wildman–Crippen MR) is 70.0 cm³/mol. The summed E-state index contributed by atoms with van der Waals surface area (Å²) in [7, 11) is 0. The number of benzene rings is 1. The van der Waals surface area contributed by atoms with E-state index in [4.69, 9.17) is 11.6 Å². The van der Waals surface area contributed by atoms with Gasteiger partial charge in [0.1, 0.15) is 0 Å². The van der Waals surface area contributed by atoms with Gasteiger partial charge in [0.15, 0.2) is 0 Å². The van der Waals surface area contributed by atoms with E-state index in [-0.39, 0.29) is 0 Å². The molecule has 2 unspecified atom stereocenters. The van der Waals surface area contributed by atoms with Gasteiger partial charge in [-0.15, -0.1) is 0 Å². The van der Waals surface area contributed by atoms with Gasteiger partial charge in [-0.3, -0.25) is 0 Å². The van der Waals surface area contributed by atoms with Crippen LogP contribution in [0.5, 0.6) is 0 Å². The second-order valence-corrected chi connectivity index (χ2v) is 5.23. The number of aryl methyl sites for hydroxylation is 1. The molecule has 1 N–H and O–H groups in total. The van der Waals surface area contributed by atoms with Gasteiger partial charge in [0.25, 0.3) is 0 Å². The highest BCUT2D eigenvalue weighted by molar-refractivity contribution is 6.31. The Hall–Kier alpha value is -0.530. The molecular formula is C14H20ClN. The number of rotatable bonds is 3. The highest BCUT2D eigenvalue weighted by Crippen LogP contribution is 2.20. The number of hydrogen-bond donors (Lipinski definition) is 1. The molecule has 2 atom stereocenters. The van der Waals surface area contributed by atoms with E-state index in [9.17, 15) is 0 Å². The maximum atomic E-state index is 6.15. The fourth-order valence-electron chi connectivity index (χ4n) is 2.50. The molecule has 0 spiro atoms. The molecule has 0 bridgehead atoms. The summed E-state index contributed by atoms with van der Waals surface area (Å²) in [4.78, 5) is 0. The van der Waals surface area contributed by atoms with E-state index in [2.05, 4.69) is 24.4 Å². The molecule has 1 aromatic carbocycles. The zero-order valence-corrected chi connectivity index (χ0v) is 10.6. The maximum Gasteiger partial charge on any atom is 0.0437 e. The van der Waals surface area contributed by atoms with E-state index in [1.807, 2.05) is 12.1 Å². The van der Waals surface area contributed by atoms with Crippen LogP contribution in [0.1, 0.15) is 38.2 Å². The van der Waals surface area contributed by atoms with Crippen LogP contribution < -0.4 is 5.32 Å². The van der Waals surface area contributed by atoms with Crippen molar-refractivity contribution in [2.24, 2.45) is 0 Å². The van der Waals surface area contributed by atoms with Crippen molar-refractivity contribution in [3.05, 3.63) is 34.9 Å². The van der Waals surface area contributed by atoms with Gasteiger partial charge in [0.2, 0.25) is 0 Å². The van der Waals surface area contributed by atoms with Crippen molar-refractivity contribution in [3.63, 3.8) is 0 Å². The molecule has 1 saturated heterocycles. The first-order chi connectivity index (χ1) is 7.75. The molecule has 1 aliphatic rings. The van der Waals surface area contributed by atoms with Gasteiger partial charge in [-0.05, 0) is 44.2 Å². The molecule has 0 saturated carbocycles. The number of piperidine rings is 1. The average molecular weight is 238 g/mol. The maximum absolute atomic E-state index is 6.15. The molecule has 1 fully saturated rings. The lowest BCUT2D eigenvalue weighted by Gasteiger charge is -2.28. The lowest BCUT2D eigenvalue weighted by molar-refractivity contribution is 0.322. The highest BCUT2D eigenvalue weighted by Gasteiger charge is 2.17. The van der Waals surface area contributed by atoms with E-state index in [0.717, 1.165) is 11.4 Å². The van der Waals surface area contributed by atoms with Crippen molar-refractivity contribution in [2.75, 3.05) is 0 Å². The van der Waals surface area contributed by atoms with Crippen molar-refractivity contribution in [2.45, 2.75) is 51.1 Å². The first-order valence-corrected chi connectivity index (χ1v) is 6.63. The smallest absolute Gasteiger partial charge is 0.0437 e. The summed E-state index contributed by atoms with van der Waals surface area (Å²) in [6.45, 7) is 2.28. The minimum atomic E-state index is 0.681. The average Bonchev–Trinajstić information content (AvgIpc) is 2.28. The summed E-state index contributed by atoms with van der Waals surface area (Å²) in [6, 6.07) is 9.54. The highest BCUT2D eigenvalue weighted by atomic mass is 35.5. The Morgan fingerprint density at radius 2 is 2.12 bits per heavy atom. The standard InChI is InChI=1S/C14H20ClN/c1-11-5-4-7-13(16-11)10-9-12-6-2-3-8-14(12)15/h2-3,6,8,11,13,16H,4-5,7,9-10H2,1H3. The topological polar surface area (TPSA) is 12.0 Å². The van der Waals surface area contributed by atoms with Gasteiger partial charge in [-0.1, -0.05) is 36.2 Å². The fourth-order valence-corrected chi connectivity index (χ4v) is 2.73. The first kappa shape index (κ1) is 11.9. The lowest BCUT2D eigenvalue weighted by atomic mass is 9.95. The number of halogens is 1. The van der Waals surface area contributed by atoms with E-state index in [1.165, 1.54) is 31.2 Å². The summed E-state index contributed by atoms with van der Waals surface area (Å²) in [5, 5.41) is 4.57. The molecule has 0 radical (unpaired) electrons. The molecule has 2 rings (SSSR count). The van der Waals surface area contributed by atoms with E-state index in [0.29, 0.717) is 12.1 Å². The van der Waals surface area contributed by atoms with E-state index < -0.39 is 0 Å². The van der Waals surface area contributed by atoms with Gasteiger partial charge in [0.05, 0.1) is 0 Å². The fraction of sp³-hybridized carbons (Fsp3) is 0.571. The third-order valence-corrected chi connectivity index (χ3v) is 3.80. The third kappa shape index (κ3) is 3.23. The summed E-state index contributed by atoms with van der Waals surface area (Å²) >= 11 is 6.15. The zero-order chi connectivity index (χ0) is 11.4. The van der Waals surface area contributed by atoms with Gasteiger partial charge >= 0.3 is 0 Å². The first-order valence-electron chi connectivity index (χ1n) is 6.25. The quantitative estimate of drug-likeness (QED) is 0.843. The lowest BCUT2D eigenvalue weighted by Crippen LogP contribution is -2.40. The Kier molecular flexibility index (Phi) is 4.25. The molecule has 2 heteroatoms. The predicted octanol–water partition coefficient (Wildman–Crippen LogP) is 3.80. The van der Waals surface area contributed by atoms with Crippen LogP contribution in [0.4, 0.5) is 0 Å². The van der Waals surface area contributed by atoms with Gasteiger partial charge in [-0.2, -0.15) is 0 Å². The molecule has 0 aliphatic carbocycles. The van der Waals surface area contributed by atoms with Crippen molar-refractivity contribution in [1.29, 1.82) is 0 Å². The molecule has 1 heterocycles. The van der Waals surface area contributed by atoms with Crippen molar-refractivity contribution < 1.29 is 0 Å². The summed E-state index contributed by atoms with van der Waals surface area (Å²) in [5.41, 5.74) is 1.28. The summed E-state index contributed by atoms with van der Waals surface area (Å²) in [5.74, 6) is 0. The van der Waals surface area contributed by atoms with Crippen LogP contribution in [0, 0.1) is 0 Å². The Labute approximate surface area is 103 Å². The van der Waals surface area contributed by atoms with Crippen LogP contribution in [0.15, 0.2) is 24.3 Å². The Balaban J connectivity index is 1.85. The Morgan fingerprint density at radius 3 is 2.88 bits per heavy atom. The number of nitrogens with one attached hydrogen (secondary N) is 1. The molecule has 1 aromatic rings. The molecule has 88 valence electrons. The largest absolute Gasteiger partial charge is 0.311 e. The van der Waals surface area contributed by atoms with Crippen molar-refractivity contribution >= 4 is 11.6 Å². The monoisotopic (exact) mass is 237 g/mol. The minimum absolute atomic E-state index is 0.681. The summed E-state index contributed by atoms with van der Waals surface area (Å²) in [6.07, 6.45) is 6.29. The Morgan fingerprint density at radius 1 is 1.31 bits per heavy atom. The second kappa shape index (κ2) is 5.70. The molecule has 0 amide bonds. The van der Waals surface area contributed by atoms with Crippen molar-refractivity contribution in [1.82, 2.24) is 5.32 Å². The van der Waals surface area contributed by atoms with Gasteiger partial charge < -0.3 is 5.32 Å². The molecule has 16 heavy (non-hydrogen) atoms. The van der Waals surface area contributed by atoms with Gasteiger partial charge in [0, 0.05) is 17.1 Å². The normalized spacial score (nSPS) is 25.6. The number of hydrogen-bond acceptors (Lipinski definition) is 1. The van der Waals surface area contributed by atoms with E-state index in [1.54, 1.807) is 0 Å². The molecule has 0 aromatic heterocycles. The van der Waals surface area contributed by atoms with Crippen LogP contribution in [0.2, 0.25) is 5.02 Å².